The Kier molecular flexibility index (Phi) is 9.92. The summed E-state index contributed by atoms with van der Waals surface area (Å²) >= 11 is 0. The second-order valence-electron chi connectivity index (χ2n) is 11.4. The lowest BCUT2D eigenvalue weighted by molar-refractivity contribution is -0.137. The number of carbonyl (C=O) groups excluding carboxylic acids is 2. The minimum absolute atomic E-state index is 0.0519. The number of carboxylic acid groups (broad SMARTS) is 1. The molecule has 42 heavy (non-hydrogen) atoms. The molecule has 0 spiro atoms. The van der Waals surface area contributed by atoms with E-state index in [4.69, 9.17) is 0 Å². The van der Waals surface area contributed by atoms with Crippen LogP contribution in [-0.4, -0.2) is 40.9 Å². The van der Waals surface area contributed by atoms with Gasteiger partial charge in [-0.1, -0.05) is 112 Å². The van der Waals surface area contributed by atoms with Crippen molar-refractivity contribution in [1.29, 1.82) is 0 Å². The first-order chi connectivity index (χ1) is 20.1. The Hall–Kier alpha value is -4.71. The van der Waals surface area contributed by atoms with Gasteiger partial charge in [0.05, 0.1) is 6.42 Å². The maximum Gasteiger partial charge on any atom is 0.305 e. The molecule has 0 aromatic heterocycles. The molecule has 0 aliphatic rings. The van der Waals surface area contributed by atoms with Crippen LogP contribution in [0.5, 0.6) is 0 Å². The Morgan fingerprint density at radius 1 is 0.690 bits per heavy atom. The minimum atomic E-state index is -0.962. The van der Waals surface area contributed by atoms with E-state index in [2.05, 4.69) is 38.2 Å². The normalized spacial score (nSPS) is 11.1. The number of aliphatic carboxylic acids is 1. The van der Waals surface area contributed by atoms with Gasteiger partial charge in [0.1, 0.15) is 0 Å². The molecule has 2 amide bonds. The number of benzene rings is 4. The van der Waals surface area contributed by atoms with Crippen molar-refractivity contribution in [3.63, 3.8) is 0 Å². The van der Waals surface area contributed by atoms with Gasteiger partial charge in [-0.25, -0.2) is 0 Å². The maximum atomic E-state index is 13.9. The van der Waals surface area contributed by atoms with Crippen LogP contribution in [-0.2, 0) is 23.2 Å². The van der Waals surface area contributed by atoms with Gasteiger partial charge < -0.3 is 15.3 Å². The lowest BCUT2D eigenvalue weighted by atomic mass is 9.87. The lowest BCUT2D eigenvalue weighted by Gasteiger charge is -2.24. The van der Waals surface area contributed by atoms with E-state index in [9.17, 15) is 19.5 Å². The van der Waals surface area contributed by atoms with Gasteiger partial charge in [-0.2, -0.15) is 0 Å². The molecule has 6 heteroatoms. The fourth-order valence-corrected chi connectivity index (χ4v) is 4.85. The van der Waals surface area contributed by atoms with Crippen molar-refractivity contribution in [3.8, 4) is 11.1 Å². The van der Waals surface area contributed by atoms with E-state index in [1.54, 1.807) is 29.2 Å². The molecule has 0 aliphatic carbocycles. The zero-order valence-electron chi connectivity index (χ0n) is 24.5. The van der Waals surface area contributed by atoms with Crippen molar-refractivity contribution in [3.05, 3.63) is 131 Å². The molecule has 0 saturated carbocycles. The van der Waals surface area contributed by atoms with Gasteiger partial charge in [0.15, 0.2) is 0 Å². The number of carboxylic acids is 1. The molecule has 6 nitrogen and oxygen atoms in total. The lowest BCUT2D eigenvalue weighted by Crippen LogP contribution is -2.35. The van der Waals surface area contributed by atoms with Crippen molar-refractivity contribution in [2.45, 2.75) is 45.6 Å². The predicted octanol–water partition coefficient (Wildman–Crippen LogP) is 6.74. The summed E-state index contributed by atoms with van der Waals surface area (Å²) in [6, 6.07) is 32.5. The summed E-state index contributed by atoms with van der Waals surface area (Å²) in [6.45, 7) is 7.33. The van der Waals surface area contributed by atoms with Gasteiger partial charge in [-0.15, -0.1) is 0 Å². The van der Waals surface area contributed by atoms with Crippen molar-refractivity contribution in [1.82, 2.24) is 10.2 Å². The monoisotopic (exact) mass is 562 g/mol. The molecule has 0 fully saturated rings. The predicted molar refractivity (Wildman–Crippen MR) is 166 cm³/mol. The van der Waals surface area contributed by atoms with E-state index in [-0.39, 0.29) is 30.2 Å². The molecule has 0 heterocycles. The first-order valence-corrected chi connectivity index (χ1v) is 14.2. The summed E-state index contributed by atoms with van der Waals surface area (Å²) in [5.74, 6) is -1.47. The maximum absolute atomic E-state index is 13.9. The summed E-state index contributed by atoms with van der Waals surface area (Å²) in [4.78, 5) is 40.3. The highest BCUT2D eigenvalue weighted by atomic mass is 16.4. The minimum Gasteiger partial charge on any atom is -0.481 e. The van der Waals surface area contributed by atoms with E-state index >= 15 is 0 Å². The van der Waals surface area contributed by atoms with E-state index in [1.165, 1.54) is 5.56 Å². The third-order valence-electron chi connectivity index (χ3n) is 7.29. The van der Waals surface area contributed by atoms with Crippen molar-refractivity contribution < 1.29 is 19.5 Å². The summed E-state index contributed by atoms with van der Waals surface area (Å²) in [5, 5.41) is 12.4. The largest absolute Gasteiger partial charge is 0.481 e. The van der Waals surface area contributed by atoms with Gasteiger partial charge in [0, 0.05) is 30.8 Å². The smallest absolute Gasteiger partial charge is 0.305 e. The molecule has 0 saturated heterocycles. The number of amides is 2. The molecule has 216 valence electrons. The van der Waals surface area contributed by atoms with Gasteiger partial charge in [0.25, 0.3) is 11.8 Å². The SMILES string of the molecule is CC(C)(C)c1ccc(CNC(=O)c2ccccc2-c2ccccc2C(=O)N(CCC(=O)O)CCc2ccccc2)cc1. The van der Waals surface area contributed by atoms with Crippen LogP contribution in [0, 0.1) is 0 Å². The van der Waals surface area contributed by atoms with E-state index in [1.807, 2.05) is 66.7 Å². The number of nitrogens with one attached hydrogen (secondary N) is 1. The van der Waals surface area contributed by atoms with Crippen LogP contribution in [0.15, 0.2) is 103 Å². The quantitative estimate of drug-likeness (QED) is 0.212. The molecule has 0 aliphatic heterocycles. The number of hydrogen-bond donors (Lipinski definition) is 2. The van der Waals surface area contributed by atoms with Crippen LogP contribution in [0.4, 0.5) is 0 Å². The van der Waals surface area contributed by atoms with Crippen LogP contribution >= 0.6 is 0 Å². The molecule has 4 aromatic carbocycles. The molecular weight excluding hydrogens is 524 g/mol. The standard InChI is InChI=1S/C36H38N2O4/c1-36(2,3)28-19-17-27(18-20-28)25-37-34(41)31-15-9-7-13-29(31)30-14-8-10-16-32(30)35(42)38(24-22-33(39)40)23-21-26-11-5-4-6-12-26/h4-20H,21-25H2,1-3H3,(H,37,41)(H,39,40). The van der Waals surface area contributed by atoms with E-state index in [0.717, 1.165) is 11.1 Å². The van der Waals surface area contributed by atoms with Crippen LogP contribution in [0.2, 0.25) is 0 Å². The highest BCUT2D eigenvalue weighted by Gasteiger charge is 2.22. The van der Waals surface area contributed by atoms with Gasteiger partial charge in [0.2, 0.25) is 0 Å². The second kappa shape index (κ2) is 13.8. The van der Waals surface area contributed by atoms with Crippen LogP contribution in [0.3, 0.4) is 0 Å². The zero-order chi connectivity index (χ0) is 30.1. The first kappa shape index (κ1) is 30.3. The summed E-state index contributed by atoms with van der Waals surface area (Å²) < 4.78 is 0. The third kappa shape index (κ3) is 7.94. The fourth-order valence-electron chi connectivity index (χ4n) is 4.85. The zero-order valence-corrected chi connectivity index (χ0v) is 24.5. The molecule has 2 N–H and O–H groups in total. The van der Waals surface area contributed by atoms with Crippen molar-refractivity contribution in [2.75, 3.05) is 13.1 Å². The summed E-state index contributed by atoms with van der Waals surface area (Å²) in [6.07, 6.45) is 0.447. The van der Waals surface area contributed by atoms with E-state index in [0.29, 0.717) is 41.8 Å². The molecule has 0 bridgehead atoms. The molecule has 0 radical (unpaired) electrons. The highest BCUT2D eigenvalue weighted by molar-refractivity contribution is 6.06. The van der Waals surface area contributed by atoms with Crippen LogP contribution in [0.1, 0.15) is 64.6 Å². The van der Waals surface area contributed by atoms with Crippen LogP contribution in [0.25, 0.3) is 11.1 Å². The average molecular weight is 563 g/mol. The molecule has 0 atom stereocenters. The topological polar surface area (TPSA) is 86.7 Å². The molecule has 4 rings (SSSR count). The Bertz CT molecular complexity index is 1520. The van der Waals surface area contributed by atoms with Crippen LogP contribution < -0.4 is 5.32 Å². The molecule has 0 unspecified atom stereocenters. The summed E-state index contributed by atoms with van der Waals surface area (Å²) in [5.41, 5.74) is 5.50. The number of nitrogens with zero attached hydrogens (tertiary/aromatic N) is 1. The van der Waals surface area contributed by atoms with Crippen molar-refractivity contribution >= 4 is 17.8 Å². The Morgan fingerprint density at radius 2 is 1.26 bits per heavy atom. The second-order valence-corrected chi connectivity index (χ2v) is 11.4. The number of hydrogen-bond acceptors (Lipinski definition) is 3. The van der Waals surface area contributed by atoms with Gasteiger partial charge in [-0.05, 0) is 51.8 Å². The number of carbonyl (C=O) groups is 3. The van der Waals surface area contributed by atoms with E-state index < -0.39 is 5.97 Å². The van der Waals surface area contributed by atoms with Crippen molar-refractivity contribution in [2.24, 2.45) is 0 Å². The summed E-state index contributed by atoms with van der Waals surface area (Å²) in [7, 11) is 0. The Balaban J connectivity index is 1.57. The Morgan fingerprint density at radius 3 is 1.88 bits per heavy atom. The first-order valence-electron chi connectivity index (χ1n) is 14.2. The fraction of sp³-hybridized carbons (Fsp3) is 0.250. The van der Waals surface area contributed by atoms with Gasteiger partial charge >= 0.3 is 5.97 Å². The molecular formula is C36H38N2O4. The van der Waals surface area contributed by atoms with Gasteiger partial charge in [-0.3, -0.25) is 14.4 Å². The third-order valence-corrected chi connectivity index (χ3v) is 7.29. The molecule has 4 aromatic rings. The number of rotatable bonds is 11. The highest BCUT2D eigenvalue weighted by Crippen LogP contribution is 2.29. The Labute approximate surface area is 248 Å². The average Bonchev–Trinajstić information content (AvgIpc) is 2.99.